The summed E-state index contributed by atoms with van der Waals surface area (Å²) in [4.78, 5) is 0. The molecular weight excluding hydrogens is 162 g/mol. The van der Waals surface area contributed by atoms with Gasteiger partial charge in [-0.15, -0.1) is 0 Å². The number of rotatable bonds is 2. The lowest BCUT2D eigenvalue weighted by Gasteiger charge is -2.42. The number of nitrogens with two attached hydrogens (primary N) is 1. The van der Waals surface area contributed by atoms with E-state index in [0.717, 1.165) is 19.6 Å². The molecule has 1 aliphatic rings. The van der Waals surface area contributed by atoms with Crippen LogP contribution in [-0.2, 0) is 0 Å². The van der Waals surface area contributed by atoms with Crippen LogP contribution in [-0.4, -0.2) is 30.7 Å². The number of piperidine rings is 1. The largest absolute Gasteiger partial charge is 0.329 e. The fourth-order valence-corrected chi connectivity index (χ4v) is 2.10. The van der Waals surface area contributed by atoms with E-state index in [1.807, 2.05) is 0 Å². The van der Waals surface area contributed by atoms with Gasteiger partial charge in [0.15, 0.2) is 0 Å². The van der Waals surface area contributed by atoms with Gasteiger partial charge in [-0.05, 0) is 40.2 Å². The van der Waals surface area contributed by atoms with Gasteiger partial charge < -0.3 is 16.4 Å². The van der Waals surface area contributed by atoms with Crippen LogP contribution in [0, 0.1) is 0 Å². The SMILES string of the molecule is CC(C)(C)NC1(CN)CCCNC1. The third-order valence-corrected chi connectivity index (χ3v) is 2.50. The summed E-state index contributed by atoms with van der Waals surface area (Å²) < 4.78 is 0. The van der Waals surface area contributed by atoms with E-state index in [9.17, 15) is 0 Å². The predicted molar refractivity (Wildman–Crippen MR) is 56.8 cm³/mol. The van der Waals surface area contributed by atoms with Crippen molar-refractivity contribution in [3.05, 3.63) is 0 Å². The highest BCUT2D eigenvalue weighted by atomic mass is 15.1. The van der Waals surface area contributed by atoms with Crippen molar-refractivity contribution in [3.63, 3.8) is 0 Å². The second-order valence-corrected chi connectivity index (χ2v) is 5.14. The number of hydrogen-bond acceptors (Lipinski definition) is 3. The Morgan fingerprint density at radius 3 is 2.54 bits per heavy atom. The Kier molecular flexibility index (Phi) is 3.33. The highest BCUT2D eigenvalue weighted by Gasteiger charge is 2.33. The minimum Gasteiger partial charge on any atom is -0.329 e. The first-order chi connectivity index (χ1) is 5.97. The molecule has 0 amide bonds. The molecule has 3 nitrogen and oxygen atoms in total. The van der Waals surface area contributed by atoms with E-state index in [2.05, 4.69) is 31.4 Å². The van der Waals surface area contributed by atoms with Gasteiger partial charge in [-0.3, -0.25) is 0 Å². The maximum absolute atomic E-state index is 5.84. The zero-order valence-electron chi connectivity index (χ0n) is 9.11. The minimum atomic E-state index is 0.122. The molecule has 1 rings (SSSR count). The molecule has 1 fully saturated rings. The van der Waals surface area contributed by atoms with E-state index in [1.165, 1.54) is 12.8 Å². The first-order valence-corrected chi connectivity index (χ1v) is 5.18. The van der Waals surface area contributed by atoms with Crippen LogP contribution in [0.4, 0.5) is 0 Å². The number of nitrogens with one attached hydrogen (secondary N) is 2. The first-order valence-electron chi connectivity index (χ1n) is 5.18. The lowest BCUT2D eigenvalue weighted by atomic mass is 9.87. The monoisotopic (exact) mass is 185 g/mol. The van der Waals surface area contributed by atoms with Crippen molar-refractivity contribution in [2.75, 3.05) is 19.6 Å². The molecule has 4 N–H and O–H groups in total. The van der Waals surface area contributed by atoms with Gasteiger partial charge in [-0.2, -0.15) is 0 Å². The standard InChI is InChI=1S/C10H23N3/c1-9(2,3)13-10(7-11)5-4-6-12-8-10/h12-13H,4-8,11H2,1-3H3. The Balaban J connectivity index is 2.57. The summed E-state index contributed by atoms with van der Waals surface area (Å²) in [5.74, 6) is 0. The van der Waals surface area contributed by atoms with Crippen LogP contribution in [0.3, 0.4) is 0 Å². The van der Waals surface area contributed by atoms with E-state index in [1.54, 1.807) is 0 Å². The molecule has 0 bridgehead atoms. The molecule has 78 valence electrons. The molecule has 3 heteroatoms. The average molecular weight is 185 g/mol. The van der Waals surface area contributed by atoms with Crippen molar-refractivity contribution in [1.29, 1.82) is 0 Å². The zero-order valence-corrected chi connectivity index (χ0v) is 9.11. The molecule has 0 aromatic rings. The molecule has 0 aliphatic carbocycles. The van der Waals surface area contributed by atoms with Crippen molar-refractivity contribution in [2.24, 2.45) is 5.73 Å². The highest BCUT2D eigenvalue weighted by molar-refractivity contribution is 4.97. The van der Waals surface area contributed by atoms with Crippen LogP contribution >= 0.6 is 0 Å². The summed E-state index contributed by atoms with van der Waals surface area (Å²) in [6, 6.07) is 0. The smallest absolute Gasteiger partial charge is 0.0434 e. The molecule has 0 saturated carbocycles. The molecule has 1 heterocycles. The van der Waals surface area contributed by atoms with Crippen molar-refractivity contribution < 1.29 is 0 Å². The van der Waals surface area contributed by atoms with E-state index in [4.69, 9.17) is 5.73 Å². The quantitative estimate of drug-likeness (QED) is 0.585. The van der Waals surface area contributed by atoms with Crippen molar-refractivity contribution in [3.8, 4) is 0 Å². The summed E-state index contributed by atoms with van der Waals surface area (Å²) in [5.41, 5.74) is 6.12. The summed E-state index contributed by atoms with van der Waals surface area (Å²) in [7, 11) is 0. The molecule has 1 unspecified atom stereocenters. The van der Waals surface area contributed by atoms with Crippen LogP contribution in [0.1, 0.15) is 33.6 Å². The molecule has 0 aromatic heterocycles. The third-order valence-electron chi connectivity index (χ3n) is 2.50. The van der Waals surface area contributed by atoms with Crippen LogP contribution in [0.5, 0.6) is 0 Å². The second kappa shape index (κ2) is 3.95. The van der Waals surface area contributed by atoms with Gasteiger partial charge in [0.2, 0.25) is 0 Å². The third kappa shape index (κ3) is 3.25. The van der Waals surface area contributed by atoms with Gasteiger partial charge in [0.25, 0.3) is 0 Å². The topological polar surface area (TPSA) is 50.1 Å². The zero-order chi connectivity index (χ0) is 9.95. The van der Waals surface area contributed by atoms with Crippen LogP contribution in [0.2, 0.25) is 0 Å². The van der Waals surface area contributed by atoms with E-state index in [0.29, 0.717) is 0 Å². The van der Waals surface area contributed by atoms with Gasteiger partial charge in [0, 0.05) is 24.2 Å². The Morgan fingerprint density at radius 2 is 2.15 bits per heavy atom. The lowest BCUT2D eigenvalue weighted by Crippen LogP contribution is -2.64. The minimum absolute atomic E-state index is 0.122. The molecule has 13 heavy (non-hydrogen) atoms. The van der Waals surface area contributed by atoms with Crippen LogP contribution in [0.25, 0.3) is 0 Å². The Hall–Kier alpha value is -0.120. The van der Waals surface area contributed by atoms with E-state index >= 15 is 0 Å². The van der Waals surface area contributed by atoms with Crippen molar-refractivity contribution in [1.82, 2.24) is 10.6 Å². The Bertz CT molecular complexity index is 154. The molecule has 0 aromatic carbocycles. The van der Waals surface area contributed by atoms with Gasteiger partial charge >= 0.3 is 0 Å². The van der Waals surface area contributed by atoms with Gasteiger partial charge in [0.1, 0.15) is 0 Å². The van der Waals surface area contributed by atoms with E-state index in [-0.39, 0.29) is 11.1 Å². The summed E-state index contributed by atoms with van der Waals surface area (Å²) in [5, 5.41) is 7.04. The van der Waals surface area contributed by atoms with Crippen LogP contribution < -0.4 is 16.4 Å². The Morgan fingerprint density at radius 1 is 1.46 bits per heavy atom. The molecule has 1 atom stereocenters. The van der Waals surface area contributed by atoms with Gasteiger partial charge in [-0.1, -0.05) is 0 Å². The molecule has 0 radical (unpaired) electrons. The van der Waals surface area contributed by atoms with Crippen LogP contribution in [0.15, 0.2) is 0 Å². The summed E-state index contributed by atoms with van der Waals surface area (Å²) in [6.45, 7) is 9.43. The van der Waals surface area contributed by atoms with Gasteiger partial charge in [0.05, 0.1) is 0 Å². The maximum Gasteiger partial charge on any atom is 0.0434 e. The predicted octanol–water partition coefficient (Wildman–Crippen LogP) is 0.455. The molecule has 1 aliphatic heterocycles. The lowest BCUT2D eigenvalue weighted by molar-refractivity contribution is 0.200. The normalized spacial score (nSPS) is 30.5. The summed E-state index contributed by atoms with van der Waals surface area (Å²) >= 11 is 0. The number of hydrogen-bond donors (Lipinski definition) is 3. The maximum atomic E-state index is 5.84. The second-order valence-electron chi connectivity index (χ2n) is 5.14. The molecule has 1 saturated heterocycles. The van der Waals surface area contributed by atoms with Crippen molar-refractivity contribution >= 4 is 0 Å². The average Bonchev–Trinajstić information content (AvgIpc) is 2.03. The molecular formula is C10H23N3. The van der Waals surface area contributed by atoms with Gasteiger partial charge in [-0.25, -0.2) is 0 Å². The molecule has 0 spiro atoms. The fraction of sp³-hybridized carbons (Fsp3) is 1.00. The fourth-order valence-electron chi connectivity index (χ4n) is 2.10. The van der Waals surface area contributed by atoms with Crippen molar-refractivity contribution in [2.45, 2.75) is 44.7 Å². The summed E-state index contributed by atoms with van der Waals surface area (Å²) in [6.07, 6.45) is 2.41. The Labute approximate surface area is 81.5 Å². The van der Waals surface area contributed by atoms with E-state index < -0.39 is 0 Å². The highest BCUT2D eigenvalue weighted by Crippen LogP contribution is 2.18. The first kappa shape index (κ1) is 11.0.